The Kier molecular flexibility index (Phi) is 4.34. The fraction of sp³-hybridized carbons (Fsp3) is 0.529. The molecule has 0 amide bonds. The molecule has 2 aromatic heterocycles. The van der Waals surface area contributed by atoms with Crippen LogP contribution in [0.3, 0.4) is 0 Å². The van der Waals surface area contributed by atoms with Gasteiger partial charge in [0.1, 0.15) is 5.76 Å². The first-order valence-corrected chi connectivity index (χ1v) is 7.78. The lowest BCUT2D eigenvalue weighted by molar-refractivity contribution is 0.323. The summed E-state index contributed by atoms with van der Waals surface area (Å²) in [5.74, 6) is 2.23. The van der Waals surface area contributed by atoms with Crippen molar-refractivity contribution in [2.24, 2.45) is 0 Å². The van der Waals surface area contributed by atoms with Crippen LogP contribution < -0.4 is 5.32 Å². The molecular formula is C17H23N3O. The van der Waals surface area contributed by atoms with Gasteiger partial charge in [-0.2, -0.15) is 0 Å². The van der Waals surface area contributed by atoms with Crippen LogP contribution in [0.4, 0.5) is 0 Å². The van der Waals surface area contributed by atoms with Gasteiger partial charge in [-0.15, -0.1) is 0 Å². The number of hydrogen-bond donors (Lipinski definition) is 1. The van der Waals surface area contributed by atoms with Crippen LogP contribution >= 0.6 is 0 Å². The van der Waals surface area contributed by atoms with Crippen molar-refractivity contribution in [3.63, 3.8) is 0 Å². The van der Waals surface area contributed by atoms with E-state index in [-0.39, 0.29) is 0 Å². The zero-order chi connectivity index (χ0) is 14.7. The molecule has 3 rings (SSSR count). The topological polar surface area (TPSA) is 51.0 Å². The molecule has 0 saturated heterocycles. The molecule has 1 aliphatic rings. The van der Waals surface area contributed by atoms with Crippen LogP contribution in [0.1, 0.15) is 54.5 Å². The predicted octanol–water partition coefficient (Wildman–Crippen LogP) is 3.50. The number of pyridine rings is 1. The predicted molar refractivity (Wildman–Crippen MR) is 82.1 cm³/mol. The molecule has 0 bridgehead atoms. The zero-order valence-electron chi connectivity index (χ0n) is 12.8. The monoisotopic (exact) mass is 285 g/mol. The molecule has 1 N–H and O–H groups in total. The van der Waals surface area contributed by atoms with E-state index in [1.165, 1.54) is 30.5 Å². The molecule has 2 heterocycles. The van der Waals surface area contributed by atoms with Gasteiger partial charge < -0.3 is 9.73 Å². The van der Waals surface area contributed by atoms with Crippen molar-refractivity contribution in [2.45, 2.75) is 58.0 Å². The van der Waals surface area contributed by atoms with Gasteiger partial charge in [-0.3, -0.25) is 4.98 Å². The standard InChI is InChI=1S/C17H23N3O/c1-12-5-4-8-18-17(12)14-6-3-7-15(9-14)20-11-16-10-19-13(2)21-16/h4-5,8,10,14-15,20H,3,6-7,9,11H2,1-2H3/t14-,15-/m1/s1. The molecule has 0 aliphatic heterocycles. The summed E-state index contributed by atoms with van der Waals surface area (Å²) in [5, 5.41) is 3.61. The molecule has 21 heavy (non-hydrogen) atoms. The Morgan fingerprint density at radius 2 is 2.19 bits per heavy atom. The quantitative estimate of drug-likeness (QED) is 0.934. The fourth-order valence-electron chi connectivity index (χ4n) is 3.28. The van der Waals surface area contributed by atoms with E-state index >= 15 is 0 Å². The highest BCUT2D eigenvalue weighted by Gasteiger charge is 2.24. The highest BCUT2D eigenvalue weighted by Crippen LogP contribution is 2.33. The first-order chi connectivity index (χ1) is 10.2. The maximum Gasteiger partial charge on any atom is 0.191 e. The number of hydrogen-bond acceptors (Lipinski definition) is 4. The molecule has 0 radical (unpaired) electrons. The van der Waals surface area contributed by atoms with Gasteiger partial charge in [-0.1, -0.05) is 12.5 Å². The number of nitrogens with one attached hydrogen (secondary N) is 1. The van der Waals surface area contributed by atoms with Crippen molar-refractivity contribution >= 4 is 0 Å². The lowest BCUT2D eigenvalue weighted by atomic mass is 9.82. The minimum Gasteiger partial charge on any atom is -0.445 e. The third-order valence-corrected chi connectivity index (χ3v) is 4.34. The van der Waals surface area contributed by atoms with Gasteiger partial charge in [0, 0.05) is 30.8 Å². The van der Waals surface area contributed by atoms with Crippen LogP contribution in [-0.4, -0.2) is 16.0 Å². The summed E-state index contributed by atoms with van der Waals surface area (Å²) in [7, 11) is 0. The smallest absolute Gasteiger partial charge is 0.191 e. The summed E-state index contributed by atoms with van der Waals surface area (Å²) in [4.78, 5) is 8.74. The number of aromatic nitrogens is 2. The number of oxazole rings is 1. The summed E-state index contributed by atoms with van der Waals surface area (Å²) < 4.78 is 5.52. The molecular weight excluding hydrogens is 262 g/mol. The Hall–Kier alpha value is -1.68. The lowest BCUT2D eigenvalue weighted by Crippen LogP contribution is -2.33. The Labute approximate surface area is 126 Å². The molecule has 1 aliphatic carbocycles. The molecule has 112 valence electrons. The van der Waals surface area contributed by atoms with E-state index < -0.39 is 0 Å². The largest absolute Gasteiger partial charge is 0.445 e. The average molecular weight is 285 g/mol. The van der Waals surface area contributed by atoms with Gasteiger partial charge >= 0.3 is 0 Å². The summed E-state index contributed by atoms with van der Waals surface area (Å²) in [6.45, 7) is 4.81. The van der Waals surface area contributed by atoms with E-state index in [2.05, 4.69) is 28.3 Å². The number of rotatable bonds is 4. The highest BCUT2D eigenvalue weighted by atomic mass is 16.4. The highest BCUT2D eigenvalue weighted by molar-refractivity contribution is 5.22. The fourth-order valence-corrected chi connectivity index (χ4v) is 3.28. The summed E-state index contributed by atoms with van der Waals surface area (Å²) in [5.41, 5.74) is 2.59. The second-order valence-electron chi connectivity index (χ2n) is 5.99. The Balaban J connectivity index is 1.59. The summed E-state index contributed by atoms with van der Waals surface area (Å²) in [6.07, 6.45) is 8.62. The van der Waals surface area contributed by atoms with Crippen molar-refractivity contribution in [2.75, 3.05) is 0 Å². The molecule has 0 spiro atoms. The van der Waals surface area contributed by atoms with E-state index in [9.17, 15) is 0 Å². The molecule has 4 nitrogen and oxygen atoms in total. The van der Waals surface area contributed by atoms with Gasteiger partial charge in [0.2, 0.25) is 0 Å². The molecule has 0 aromatic carbocycles. The van der Waals surface area contributed by atoms with Crippen LogP contribution in [0.15, 0.2) is 28.9 Å². The van der Waals surface area contributed by atoms with Crippen LogP contribution in [-0.2, 0) is 6.54 Å². The molecule has 4 heteroatoms. The zero-order valence-corrected chi connectivity index (χ0v) is 12.8. The molecule has 0 unspecified atom stereocenters. The van der Waals surface area contributed by atoms with Gasteiger partial charge in [-0.05, 0) is 37.8 Å². The van der Waals surface area contributed by atoms with Crippen molar-refractivity contribution in [1.82, 2.24) is 15.3 Å². The summed E-state index contributed by atoms with van der Waals surface area (Å²) in [6, 6.07) is 4.72. The maximum atomic E-state index is 5.52. The molecule has 2 aromatic rings. The van der Waals surface area contributed by atoms with E-state index in [0.717, 1.165) is 24.6 Å². The van der Waals surface area contributed by atoms with Crippen molar-refractivity contribution in [3.8, 4) is 0 Å². The van der Waals surface area contributed by atoms with Gasteiger partial charge in [0.05, 0.1) is 12.7 Å². The Morgan fingerprint density at radius 1 is 1.29 bits per heavy atom. The lowest BCUT2D eigenvalue weighted by Gasteiger charge is -2.30. The van der Waals surface area contributed by atoms with E-state index in [1.54, 1.807) is 0 Å². The third kappa shape index (κ3) is 3.50. The summed E-state index contributed by atoms with van der Waals surface area (Å²) >= 11 is 0. The van der Waals surface area contributed by atoms with Crippen molar-refractivity contribution in [3.05, 3.63) is 47.4 Å². The second-order valence-corrected chi connectivity index (χ2v) is 5.99. The van der Waals surface area contributed by atoms with Crippen molar-refractivity contribution < 1.29 is 4.42 Å². The van der Waals surface area contributed by atoms with E-state index in [4.69, 9.17) is 4.42 Å². The van der Waals surface area contributed by atoms with E-state index in [1.807, 2.05) is 25.4 Å². The third-order valence-electron chi connectivity index (χ3n) is 4.34. The van der Waals surface area contributed by atoms with Crippen LogP contribution in [0.2, 0.25) is 0 Å². The van der Waals surface area contributed by atoms with Crippen molar-refractivity contribution in [1.29, 1.82) is 0 Å². The Morgan fingerprint density at radius 3 is 2.95 bits per heavy atom. The average Bonchev–Trinajstić information content (AvgIpc) is 2.92. The van der Waals surface area contributed by atoms with Gasteiger partial charge in [-0.25, -0.2) is 4.98 Å². The second kappa shape index (κ2) is 6.39. The van der Waals surface area contributed by atoms with Gasteiger partial charge in [0.25, 0.3) is 0 Å². The minimum absolute atomic E-state index is 0.538. The number of aryl methyl sites for hydroxylation is 2. The van der Waals surface area contributed by atoms with Crippen LogP contribution in [0.5, 0.6) is 0 Å². The first-order valence-electron chi connectivity index (χ1n) is 7.78. The van der Waals surface area contributed by atoms with Crippen LogP contribution in [0.25, 0.3) is 0 Å². The first kappa shape index (κ1) is 14.3. The molecule has 1 fully saturated rings. The van der Waals surface area contributed by atoms with Crippen LogP contribution in [0, 0.1) is 13.8 Å². The van der Waals surface area contributed by atoms with Gasteiger partial charge in [0.15, 0.2) is 5.89 Å². The van der Waals surface area contributed by atoms with E-state index in [0.29, 0.717) is 12.0 Å². The molecule has 1 saturated carbocycles. The number of nitrogens with zero attached hydrogens (tertiary/aromatic N) is 2. The maximum absolute atomic E-state index is 5.52. The normalized spacial score (nSPS) is 22.4. The minimum atomic E-state index is 0.538. The molecule has 2 atom stereocenters. The Bertz CT molecular complexity index is 593. The SMILES string of the molecule is Cc1ncc(CN[C@@H]2CCC[C@@H](c3ncccc3C)C2)o1.